The number of nitrogens with zero attached hydrogens (tertiary/aromatic N) is 4. The number of amides is 1. The van der Waals surface area contributed by atoms with Gasteiger partial charge in [0.15, 0.2) is 29.7 Å². The van der Waals surface area contributed by atoms with Crippen molar-refractivity contribution in [2.45, 2.75) is 11.6 Å². The van der Waals surface area contributed by atoms with Crippen LogP contribution in [0.2, 0.25) is 0 Å². The third kappa shape index (κ3) is 6.50. The van der Waals surface area contributed by atoms with Crippen molar-refractivity contribution in [1.29, 1.82) is 0 Å². The molecule has 40 heavy (non-hydrogen) atoms. The number of para-hydroxylation sites is 1. The first-order chi connectivity index (χ1) is 19.3. The summed E-state index contributed by atoms with van der Waals surface area (Å²) in [6.45, 7) is -0.00630. The average molecular weight is 571 g/mol. The van der Waals surface area contributed by atoms with Crippen LogP contribution in [0.4, 0.5) is 11.5 Å². The Hall–Kier alpha value is -5.05. The Labute approximate surface area is 229 Å². The van der Waals surface area contributed by atoms with E-state index in [-0.39, 0.29) is 35.0 Å². The standard InChI is InChI=1S/C25H26N6O8S/c1-35-19-6-5-7-20(36-2)23(19)39-15-31-13-12-18(29-31)24(32)26-16-8-10-17(11-9-16)40(33,34)30-21-14-22(37-3)28-25(27-21)38-4/h5-14H,15H2,1-4H3,(H,26,32)(H,27,28,30). The molecule has 0 aliphatic heterocycles. The zero-order valence-corrected chi connectivity index (χ0v) is 22.8. The Morgan fingerprint density at radius 3 is 2.23 bits per heavy atom. The third-order valence-corrected chi connectivity index (χ3v) is 6.70. The maximum absolute atomic E-state index is 12.8. The van der Waals surface area contributed by atoms with Gasteiger partial charge in [-0.1, -0.05) is 6.07 Å². The molecular formula is C25H26N6O8S. The van der Waals surface area contributed by atoms with Crippen LogP contribution >= 0.6 is 0 Å². The fourth-order valence-corrected chi connectivity index (χ4v) is 4.40. The van der Waals surface area contributed by atoms with E-state index in [1.807, 2.05) is 0 Å². The highest BCUT2D eigenvalue weighted by Gasteiger charge is 2.18. The van der Waals surface area contributed by atoms with E-state index in [4.69, 9.17) is 23.7 Å². The van der Waals surface area contributed by atoms with E-state index in [0.29, 0.717) is 22.9 Å². The molecule has 4 aromatic rings. The van der Waals surface area contributed by atoms with E-state index in [9.17, 15) is 13.2 Å². The van der Waals surface area contributed by atoms with E-state index in [2.05, 4.69) is 25.1 Å². The fraction of sp³-hybridized carbons (Fsp3) is 0.200. The largest absolute Gasteiger partial charge is 0.493 e. The quantitative estimate of drug-likeness (QED) is 0.257. The molecule has 0 aliphatic carbocycles. The molecule has 2 aromatic heterocycles. The lowest BCUT2D eigenvalue weighted by atomic mass is 10.3. The first-order valence-electron chi connectivity index (χ1n) is 11.5. The zero-order valence-electron chi connectivity index (χ0n) is 21.9. The first kappa shape index (κ1) is 28.0. The van der Waals surface area contributed by atoms with Crippen LogP contribution < -0.4 is 33.7 Å². The topological polar surface area (TPSA) is 165 Å². The maximum atomic E-state index is 12.8. The highest BCUT2D eigenvalue weighted by molar-refractivity contribution is 7.92. The summed E-state index contributed by atoms with van der Waals surface area (Å²) in [5.41, 5.74) is 0.486. The van der Waals surface area contributed by atoms with Gasteiger partial charge in [0, 0.05) is 18.0 Å². The minimum atomic E-state index is -4.01. The Kier molecular flexibility index (Phi) is 8.54. The summed E-state index contributed by atoms with van der Waals surface area (Å²) in [6.07, 6.45) is 1.58. The Morgan fingerprint density at radius 2 is 1.60 bits per heavy atom. The summed E-state index contributed by atoms with van der Waals surface area (Å²) < 4.78 is 55.8. The molecule has 0 unspecified atom stereocenters. The predicted molar refractivity (Wildman–Crippen MR) is 143 cm³/mol. The van der Waals surface area contributed by atoms with Crippen molar-refractivity contribution in [3.8, 4) is 29.1 Å². The molecule has 0 spiro atoms. The zero-order chi connectivity index (χ0) is 28.7. The van der Waals surface area contributed by atoms with Gasteiger partial charge in [0.1, 0.15) is 0 Å². The normalized spacial score (nSPS) is 10.9. The molecule has 0 bridgehead atoms. The summed E-state index contributed by atoms with van der Waals surface area (Å²) >= 11 is 0. The lowest BCUT2D eigenvalue weighted by Gasteiger charge is -2.13. The molecule has 0 aliphatic rings. The number of methoxy groups -OCH3 is 4. The maximum Gasteiger partial charge on any atom is 0.321 e. The van der Waals surface area contributed by atoms with Gasteiger partial charge in [-0.05, 0) is 42.5 Å². The van der Waals surface area contributed by atoms with Crippen molar-refractivity contribution in [1.82, 2.24) is 19.7 Å². The van der Waals surface area contributed by atoms with Crippen LogP contribution in [0.1, 0.15) is 10.5 Å². The van der Waals surface area contributed by atoms with Crippen LogP contribution in [0.3, 0.4) is 0 Å². The SMILES string of the molecule is COc1cc(NS(=O)(=O)c2ccc(NC(=O)c3ccn(COc4c(OC)cccc4OC)n3)cc2)nc(OC)n1. The van der Waals surface area contributed by atoms with Crippen LogP contribution in [0, 0.1) is 0 Å². The van der Waals surface area contributed by atoms with Crippen LogP contribution in [-0.2, 0) is 16.8 Å². The van der Waals surface area contributed by atoms with Gasteiger partial charge in [-0.3, -0.25) is 9.52 Å². The van der Waals surface area contributed by atoms with E-state index in [1.54, 1.807) is 24.4 Å². The summed E-state index contributed by atoms with van der Waals surface area (Å²) in [5, 5.41) is 6.90. The van der Waals surface area contributed by atoms with E-state index >= 15 is 0 Å². The molecule has 2 heterocycles. The van der Waals surface area contributed by atoms with Gasteiger partial charge in [-0.25, -0.2) is 13.1 Å². The lowest BCUT2D eigenvalue weighted by molar-refractivity contribution is 0.102. The smallest absolute Gasteiger partial charge is 0.321 e. The fourth-order valence-electron chi connectivity index (χ4n) is 3.41. The molecule has 0 saturated carbocycles. The van der Waals surface area contributed by atoms with Gasteiger partial charge >= 0.3 is 6.01 Å². The summed E-state index contributed by atoms with van der Waals surface area (Å²) in [7, 11) is 1.75. The van der Waals surface area contributed by atoms with Gasteiger partial charge < -0.3 is 29.0 Å². The van der Waals surface area contributed by atoms with Crippen LogP contribution in [0.25, 0.3) is 0 Å². The second-order valence-corrected chi connectivity index (χ2v) is 9.55. The van der Waals surface area contributed by atoms with E-state index in [0.717, 1.165) is 0 Å². The van der Waals surface area contributed by atoms with Gasteiger partial charge in [0.05, 0.1) is 33.3 Å². The molecule has 0 atom stereocenters. The number of hydrogen-bond donors (Lipinski definition) is 2. The molecule has 15 heteroatoms. The highest BCUT2D eigenvalue weighted by Crippen LogP contribution is 2.36. The van der Waals surface area contributed by atoms with E-state index < -0.39 is 15.9 Å². The molecule has 0 fully saturated rings. The number of carbonyl (C=O) groups excluding carboxylic acids is 1. The van der Waals surface area contributed by atoms with Crippen LogP contribution in [0.15, 0.2) is 65.7 Å². The number of benzene rings is 2. The number of carbonyl (C=O) groups is 1. The molecular weight excluding hydrogens is 544 g/mol. The number of aromatic nitrogens is 4. The number of rotatable bonds is 12. The molecule has 14 nitrogen and oxygen atoms in total. The van der Waals surface area contributed by atoms with Crippen LogP contribution in [0.5, 0.6) is 29.1 Å². The molecule has 2 aromatic carbocycles. The molecule has 2 N–H and O–H groups in total. The number of nitrogens with one attached hydrogen (secondary N) is 2. The summed E-state index contributed by atoms with van der Waals surface area (Å²) in [6, 6.07) is 13.6. The second-order valence-electron chi connectivity index (χ2n) is 7.87. The van der Waals surface area contributed by atoms with Crippen molar-refractivity contribution < 1.29 is 36.9 Å². The highest BCUT2D eigenvalue weighted by atomic mass is 32.2. The van der Waals surface area contributed by atoms with Gasteiger partial charge in [0.25, 0.3) is 15.9 Å². The van der Waals surface area contributed by atoms with Crippen molar-refractivity contribution in [2.24, 2.45) is 0 Å². The Bertz CT molecular complexity index is 1550. The second kappa shape index (κ2) is 12.2. The average Bonchev–Trinajstić information content (AvgIpc) is 3.45. The minimum Gasteiger partial charge on any atom is -0.493 e. The number of anilines is 2. The Balaban J connectivity index is 1.39. The van der Waals surface area contributed by atoms with E-state index in [1.165, 1.54) is 69.5 Å². The van der Waals surface area contributed by atoms with Gasteiger partial charge in [-0.2, -0.15) is 15.1 Å². The van der Waals surface area contributed by atoms with Crippen molar-refractivity contribution in [3.05, 3.63) is 66.5 Å². The molecule has 210 valence electrons. The first-order valence-corrected chi connectivity index (χ1v) is 13.0. The summed E-state index contributed by atoms with van der Waals surface area (Å²) in [4.78, 5) is 20.5. The summed E-state index contributed by atoms with van der Waals surface area (Å²) in [5.74, 6) is 0.961. The van der Waals surface area contributed by atoms with Crippen LogP contribution in [-0.4, -0.2) is 62.5 Å². The number of ether oxygens (including phenoxy) is 5. The van der Waals surface area contributed by atoms with Gasteiger partial charge in [0.2, 0.25) is 11.6 Å². The van der Waals surface area contributed by atoms with Crippen molar-refractivity contribution >= 4 is 27.4 Å². The Morgan fingerprint density at radius 1 is 0.900 bits per heavy atom. The van der Waals surface area contributed by atoms with Crippen molar-refractivity contribution in [2.75, 3.05) is 38.5 Å². The van der Waals surface area contributed by atoms with Gasteiger partial charge in [-0.15, -0.1) is 0 Å². The molecule has 4 rings (SSSR count). The third-order valence-electron chi connectivity index (χ3n) is 5.33. The monoisotopic (exact) mass is 570 g/mol. The number of hydrogen-bond acceptors (Lipinski definition) is 11. The molecule has 1 amide bonds. The predicted octanol–water partition coefficient (Wildman–Crippen LogP) is 2.80. The van der Waals surface area contributed by atoms with Crippen molar-refractivity contribution in [3.63, 3.8) is 0 Å². The molecule has 0 radical (unpaired) electrons. The molecule has 0 saturated heterocycles. The number of sulfonamides is 1. The lowest BCUT2D eigenvalue weighted by Crippen LogP contribution is -2.16. The minimum absolute atomic E-state index is 0.00630.